The molecule has 0 spiro atoms. The largest absolute Gasteiger partial charge is 0.372 e. The molecule has 1 aromatic rings. The van der Waals surface area contributed by atoms with Gasteiger partial charge in [-0.25, -0.2) is 0 Å². The number of rotatable bonds is 6. The van der Waals surface area contributed by atoms with Crippen molar-refractivity contribution in [2.75, 3.05) is 36.4 Å². The molecular formula is C16H25N3O. The monoisotopic (exact) mass is 275 g/mol. The van der Waals surface area contributed by atoms with Gasteiger partial charge >= 0.3 is 0 Å². The Balaban J connectivity index is 1.88. The average molecular weight is 275 g/mol. The normalized spacial score (nSPS) is 16.2. The van der Waals surface area contributed by atoms with Gasteiger partial charge in [-0.1, -0.05) is 13.8 Å². The van der Waals surface area contributed by atoms with Crippen molar-refractivity contribution in [1.82, 2.24) is 5.32 Å². The summed E-state index contributed by atoms with van der Waals surface area (Å²) < 4.78 is 0. The van der Waals surface area contributed by atoms with Crippen molar-refractivity contribution in [1.29, 1.82) is 0 Å². The summed E-state index contributed by atoms with van der Waals surface area (Å²) in [5.74, 6) is 0.0491. The summed E-state index contributed by atoms with van der Waals surface area (Å²) >= 11 is 0. The number of hydrogen-bond acceptors (Lipinski definition) is 3. The molecule has 110 valence electrons. The van der Waals surface area contributed by atoms with Gasteiger partial charge < -0.3 is 15.5 Å². The fourth-order valence-electron chi connectivity index (χ4n) is 2.45. The first-order valence-corrected chi connectivity index (χ1v) is 7.57. The van der Waals surface area contributed by atoms with Crippen LogP contribution in [0.2, 0.25) is 0 Å². The van der Waals surface area contributed by atoms with Gasteiger partial charge in [0, 0.05) is 36.9 Å². The second-order valence-corrected chi connectivity index (χ2v) is 5.44. The summed E-state index contributed by atoms with van der Waals surface area (Å²) in [6.45, 7) is 7.88. The van der Waals surface area contributed by atoms with Crippen LogP contribution in [0.5, 0.6) is 0 Å². The maximum Gasteiger partial charge on any atom is 0.228 e. The molecule has 1 atom stereocenters. The van der Waals surface area contributed by atoms with E-state index in [0.717, 1.165) is 25.3 Å². The highest BCUT2D eigenvalue weighted by molar-refractivity contribution is 5.92. The van der Waals surface area contributed by atoms with Crippen LogP contribution in [-0.4, -0.2) is 32.1 Å². The Labute approximate surface area is 121 Å². The third kappa shape index (κ3) is 3.97. The molecule has 1 saturated heterocycles. The number of carbonyl (C=O) groups is 1. The fraction of sp³-hybridized carbons (Fsp3) is 0.562. The van der Waals surface area contributed by atoms with Gasteiger partial charge in [-0.2, -0.15) is 0 Å². The van der Waals surface area contributed by atoms with Crippen molar-refractivity contribution in [2.24, 2.45) is 5.92 Å². The van der Waals surface area contributed by atoms with E-state index in [2.05, 4.69) is 27.7 Å². The predicted molar refractivity (Wildman–Crippen MR) is 84.2 cm³/mol. The Morgan fingerprint density at radius 1 is 1.25 bits per heavy atom. The number of benzene rings is 1. The predicted octanol–water partition coefficient (Wildman–Crippen LogP) is 2.47. The maximum absolute atomic E-state index is 12.0. The van der Waals surface area contributed by atoms with Crippen molar-refractivity contribution < 1.29 is 4.79 Å². The highest BCUT2D eigenvalue weighted by Crippen LogP contribution is 2.22. The summed E-state index contributed by atoms with van der Waals surface area (Å²) in [4.78, 5) is 14.4. The lowest BCUT2D eigenvalue weighted by atomic mass is 10.1. The summed E-state index contributed by atoms with van der Waals surface area (Å²) in [6.07, 6.45) is 2.56. The molecule has 20 heavy (non-hydrogen) atoms. The zero-order valence-electron chi connectivity index (χ0n) is 12.5. The van der Waals surface area contributed by atoms with Crippen LogP contribution in [0.3, 0.4) is 0 Å². The number of amides is 1. The van der Waals surface area contributed by atoms with Gasteiger partial charge in [0.2, 0.25) is 5.91 Å². The Morgan fingerprint density at radius 3 is 2.50 bits per heavy atom. The van der Waals surface area contributed by atoms with Crippen molar-refractivity contribution >= 4 is 17.3 Å². The standard InChI is InChI=1S/C16H25N3O/c1-3-17-12-13(2)16(20)18-14-6-8-15(9-7-14)19-10-4-5-11-19/h6-9,13,17H,3-5,10-12H2,1-2H3,(H,18,20). The van der Waals surface area contributed by atoms with Crippen molar-refractivity contribution in [3.05, 3.63) is 24.3 Å². The van der Waals surface area contributed by atoms with Gasteiger partial charge in [-0.05, 0) is 43.7 Å². The molecule has 0 aromatic heterocycles. The second-order valence-electron chi connectivity index (χ2n) is 5.44. The van der Waals surface area contributed by atoms with E-state index in [0.29, 0.717) is 6.54 Å². The molecule has 1 amide bonds. The number of nitrogens with one attached hydrogen (secondary N) is 2. The summed E-state index contributed by atoms with van der Waals surface area (Å²) in [6, 6.07) is 8.17. The van der Waals surface area contributed by atoms with Crippen LogP contribution in [0, 0.1) is 5.92 Å². The first kappa shape index (κ1) is 14.9. The van der Waals surface area contributed by atoms with Crippen LogP contribution < -0.4 is 15.5 Å². The zero-order valence-corrected chi connectivity index (χ0v) is 12.5. The lowest BCUT2D eigenvalue weighted by Gasteiger charge is -2.18. The van der Waals surface area contributed by atoms with Crippen LogP contribution in [0.15, 0.2) is 24.3 Å². The van der Waals surface area contributed by atoms with E-state index >= 15 is 0 Å². The zero-order chi connectivity index (χ0) is 14.4. The first-order chi connectivity index (χ1) is 9.70. The van der Waals surface area contributed by atoms with E-state index < -0.39 is 0 Å². The SMILES string of the molecule is CCNCC(C)C(=O)Nc1ccc(N2CCCC2)cc1. The fourth-order valence-corrected chi connectivity index (χ4v) is 2.45. The molecule has 1 heterocycles. The quantitative estimate of drug-likeness (QED) is 0.838. The summed E-state index contributed by atoms with van der Waals surface area (Å²) in [7, 11) is 0. The molecule has 0 saturated carbocycles. The van der Waals surface area contributed by atoms with Crippen LogP contribution in [0.4, 0.5) is 11.4 Å². The molecule has 2 N–H and O–H groups in total. The minimum absolute atomic E-state index is 0.0202. The molecular weight excluding hydrogens is 250 g/mol. The van der Waals surface area contributed by atoms with E-state index in [1.165, 1.54) is 18.5 Å². The maximum atomic E-state index is 12.0. The van der Waals surface area contributed by atoms with Crippen LogP contribution in [0.1, 0.15) is 26.7 Å². The number of anilines is 2. The van der Waals surface area contributed by atoms with Gasteiger partial charge in [0.15, 0.2) is 0 Å². The molecule has 1 unspecified atom stereocenters. The Morgan fingerprint density at radius 2 is 1.90 bits per heavy atom. The van der Waals surface area contributed by atoms with E-state index in [1.54, 1.807) is 0 Å². The molecule has 4 heteroatoms. The van der Waals surface area contributed by atoms with E-state index in [4.69, 9.17) is 0 Å². The lowest BCUT2D eigenvalue weighted by Crippen LogP contribution is -2.30. The van der Waals surface area contributed by atoms with Gasteiger partial charge in [-0.15, -0.1) is 0 Å². The topological polar surface area (TPSA) is 44.4 Å². The molecule has 2 rings (SSSR count). The molecule has 4 nitrogen and oxygen atoms in total. The third-order valence-corrected chi connectivity index (χ3v) is 3.75. The minimum atomic E-state index is -0.0202. The van der Waals surface area contributed by atoms with Crippen molar-refractivity contribution in [3.63, 3.8) is 0 Å². The van der Waals surface area contributed by atoms with Gasteiger partial charge in [0.25, 0.3) is 0 Å². The molecule has 1 aliphatic rings. The molecule has 1 aliphatic heterocycles. The minimum Gasteiger partial charge on any atom is -0.372 e. The van der Waals surface area contributed by atoms with Crippen LogP contribution in [-0.2, 0) is 4.79 Å². The van der Waals surface area contributed by atoms with E-state index in [1.807, 2.05) is 26.0 Å². The third-order valence-electron chi connectivity index (χ3n) is 3.75. The molecule has 1 fully saturated rings. The van der Waals surface area contributed by atoms with Gasteiger partial charge in [0.1, 0.15) is 0 Å². The Hall–Kier alpha value is -1.55. The van der Waals surface area contributed by atoms with Gasteiger partial charge in [0.05, 0.1) is 0 Å². The van der Waals surface area contributed by atoms with E-state index in [9.17, 15) is 4.79 Å². The summed E-state index contributed by atoms with van der Waals surface area (Å²) in [5.41, 5.74) is 2.13. The molecule has 0 radical (unpaired) electrons. The Kier molecular flexibility index (Phi) is 5.41. The smallest absolute Gasteiger partial charge is 0.228 e. The van der Waals surface area contributed by atoms with Crippen molar-refractivity contribution in [2.45, 2.75) is 26.7 Å². The Bertz CT molecular complexity index is 424. The lowest BCUT2D eigenvalue weighted by molar-refractivity contribution is -0.119. The molecule has 0 bridgehead atoms. The highest BCUT2D eigenvalue weighted by Gasteiger charge is 2.14. The van der Waals surface area contributed by atoms with E-state index in [-0.39, 0.29) is 11.8 Å². The first-order valence-electron chi connectivity index (χ1n) is 7.57. The molecule has 1 aromatic carbocycles. The second kappa shape index (κ2) is 7.29. The number of carbonyl (C=O) groups excluding carboxylic acids is 1. The summed E-state index contributed by atoms with van der Waals surface area (Å²) in [5, 5.41) is 6.16. The van der Waals surface area contributed by atoms with Crippen molar-refractivity contribution in [3.8, 4) is 0 Å². The van der Waals surface area contributed by atoms with Gasteiger partial charge in [-0.3, -0.25) is 4.79 Å². The number of nitrogens with zero attached hydrogens (tertiary/aromatic N) is 1. The number of hydrogen-bond donors (Lipinski definition) is 2. The molecule has 0 aliphatic carbocycles. The van der Waals surface area contributed by atoms with Crippen LogP contribution >= 0.6 is 0 Å². The highest BCUT2D eigenvalue weighted by atomic mass is 16.1. The average Bonchev–Trinajstić information content (AvgIpc) is 2.99. The van der Waals surface area contributed by atoms with Crippen LogP contribution in [0.25, 0.3) is 0 Å².